The number of benzene rings is 2. The molecule has 7 nitrogen and oxygen atoms in total. The van der Waals surface area contributed by atoms with Gasteiger partial charge in [0.1, 0.15) is 12.6 Å². The molecule has 2 aromatic carbocycles. The van der Waals surface area contributed by atoms with Crippen LogP contribution in [-0.2, 0) is 19.1 Å². The van der Waals surface area contributed by atoms with Gasteiger partial charge in [-0.2, -0.15) is 0 Å². The van der Waals surface area contributed by atoms with Crippen molar-refractivity contribution >= 4 is 18.0 Å². The van der Waals surface area contributed by atoms with Crippen molar-refractivity contribution in [3.05, 3.63) is 59.7 Å². The maximum absolute atomic E-state index is 12.7. The summed E-state index contributed by atoms with van der Waals surface area (Å²) in [7, 11) is 2.94. The first-order valence-electron chi connectivity index (χ1n) is 11.4. The number of hydrogen-bond acceptors (Lipinski definition) is 5. The molecule has 0 heterocycles. The second-order valence-electron chi connectivity index (χ2n) is 8.27. The van der Waals surface area contributed by atoms with Crippen molar-refractivity contribution in [2.45, 2.75) is 44.6 Å². The van der Waals surface area contributed by atoms with Gasteiger partial charge >= 0.3 is 12.1 Å². The molecule has 0 fully saturated rings. The lowest BCUT2D eigenvalue weighted by Crippen LogP contribution is -2.46. The summed E-state index contributed by atoms with van der Waals surface area (Å²) in [5.74, 6) is -0.486. The van der Waals surface area contributed by atoms with Gasteiger partial charge in [-0.05, 0) is 42.0 Å². The highest BCUT2D eigenvalue weighted by molar-refractivity contribution is 5.85. The Morgan fingerprint density at radius 1 is 0.970 bits per heavy atom. The Labute approximate surface area is 195 Å². The third-order valence-electron chi connectivity index (χ3n) is 6.17. The van der Waals surface area contributed by atoms with Crippen LogP contribution in [0.25, 0.3) is 11.1 Å². The molecular weight excluding hydrogens is 420 g/mol. The van der Waals surface area contributed by atoms with E-state index in [1.54, 1.807) is 14.0 Å². The van der Waals surface area contributed by atoms with Gasteiger partial charge in [-0.15, -0.1) is 0 Å². The zero-order chi connectivity index (χ0) is 23.8. The van der Waals surface area contributed by atoms with Gasteiger partial charge in [0.25, 0.3) is 0 Å². The molecule has 176 valence electrons. The van der Waals surface area contributed by atoms with Crippen LogP contribution < -0.4 is 5.32 Å². The number of nitrogens with one attached hydrogen (secondary N) is 1. The van der Waals surface area contributed by atoms with E-state index in [1.807, 2.05) is 24.3 Å². The minimum atomic E-state index is -0.657. The van der Waals surface area contributed by atoms with Gasteiger partial charge in [0, 0.05) is 25.9 Å². The Kier molecular flexibility index (Phi) is 8.46. The van der Waals surface area contributed by atoms with Crippen LogP contribution in [0.4, 0.5) is 4.79 Å². The van der Waals surface area contributed by atoms with Gasteiger partial charge in [0.15, 0.2) is 0 Å². The Bertz CT molecular complexity index is 945. The van der Waals surface area contributed by atoms with E-state index in [0.29, 0.717) is 13.0 Å². The van der Waals surface area contributed by atoms with E-state index < -0.39 is 12.1 Å². The summed E-state index contributed by atoms with van der Waals surface area (Å²) in [5, 5.41) is 2.84. The Morgan fingerprint density at radius 3 is 2.18 bits per heavy atom. The molecule has 0 spiro atoms. The molecule has 33 heavy (non-hydrogen) atoms. The van der Waals surface area contributed by atoms with Gasteiger partial charge in [0.05, 0.1) is 7.11 Å². The number of unbranched alkanes of at least 4 members (excludes halogenated alkanes) is 2. The van der Waals surface area contributed by atoms with E-state index in [-0.39, 0.29) is 24.4 Å². The summed E-state index contributed by atoms with van der Waals surface area (Å²) < 4.78 is 10.2. The first-order chi connectivity index (χ1) is 15.9. The monoisotopic (exact) mass is 452 g/mol. The fourth-order valence-corrected chi connectivity index (χ4v) is 4.06. The molecule has 1 aliphatic carbocycles. The molecule has 0 saturated heterocycles. The zero-order valence-corrected chi connectivity index (χ0v) is 19.5. The summed E-state index contributed by atoms with van der Waals surface area (Å²) in [6.45, 7) is 2.38. The van der Waals surface area contributed by atoms with Crippen molar-refractivity contribution in [3.8, 4) is 11.1 Å². The number of methoxy groups -OCH3 is 1. The fraction of sp³-hybridized carbons (Fsp3) is 0.423. The number of ether oxygens (including phenoxy) is 2. The minimum Gasteiger partial charge on any atom is -0.469 e. The number of amides is 2. The largest absolute Gasteiger partial charge is 0.469 e. The van der Waals surface area contributed by atoms with Gasteiger partial charge < -0.3 is 14.8 Å². The van der Waals surface area contributed by atoms with Crippen LogP contribution in [0.5, 0.6) is 0 Å². The highest BCUT2D eigenvalue weighted by Crippen LogP contribution is 2.44. The molecule has 1 atom stereocenters. The van der Waals surface area contributed by atoms with E-state index in [1.165, 1.54) is 23.1 Å². The van der Waals surface area contributed by atoms with Crippen molar-refractivity contribution in [3.63, 3.8) is 0 Å². The van der Waals surface area contributed by atoms with Crippen molar-refractivity contribution < 1.29 is 23.9 Å². The van der Waals surface area contributed by atoms with Crippen molar-refractivity contribution in [1.82, 2.24) is 10.2 Å². The Hall–Kier alpha value is -3.35. The molecule has 0 aliphatic heterocycles. The normalized spacial score (nSPS) is 12.9. The maximum atomic E-state index is 12.7. The maximum Gasteiger partial charge on any atom is 0.410 e. The first kappa shape index (κ1) is 24.3. The van der Waals surface area contributed by atoms with Crippen molar-refractivity contribution in [1.29, 1.82) is 0 Å². The lowest BCUT2D eigenvalue weighted by molar-refractivity contribution is -0.140. The number of carbonyl (C=O) groups excluding carboxylic acids is 3. The van der Waals surface area contributed by atoms with E-state index in [9.17, 15) is 14.4 Å². The highest BCUT2D eigenvalue weighted by Gasteiger charge is 2.30. The SMILES string of the molecule is COC(=O)CCCCCNC(=O)C(C)N(C)C(=O)OCC1c2ccccc2-c2ccccc21. The van der Waals surface area contributed by atoms with Crippen LogP contribution in [0.3, 0.4) is 0 Å². The molecule has 2 amide bonds. The average molecular weight is 453 g/mol. The summed E-state index contributed by atoms with van der Waals surface area (Å²) in [5.41, 5.74) is 4.63. The van der Waals surface area contributed by atoms with Crippen LogP contribution in [0, 0.1) is 0 Å². The number of rotatable bonds is 10. The van der Waals surface area contributed by atoms with Gasteiger partial charge in [-0.1, -0.05) is 55.0 Å². The topological polar surface area (TPSA) is 84.9 Å². The molecule has 0 aromatic heterocycles. The second-order valence-corrected chi connectivity index (χ2v) is 8.27. The van der Waals surface area contributed by atoms with Crippen LogP contribution >= 0.6 is 0 Å². The van der Waals surface area contributed by atoms with Gasteiger partial charge in [-0.25, -0.2) is 4.79 Å². The smallest absolute Gasteiger partial charge is 0.410 e. The average Bonchev–Trinajstić information content (AvgIpc) is 3.17. The molecule has 0 radical (unpaired) electrons. The van der Waals surface area contributed by atoms with Crippen LogP contribution in [-0.4, -0.2) is 56.2 Å². The minimum absolute atomic E-state index is 0.0242. The van der Waals surface area contributed by atoms with Crippen LogP contribution in [0.1, 0.15) is 49.7 Å². The number of esters is 1. The molecule has 0 saturated carbocycles. The third kappa shape index (κ3) is 5.92. The predicted octanol–water partition coefficient (Wildman–Crippen LogP) is 4.11. The first-order valence-corrected chi connectivity index (χ1v) is 11.4. The number of nitrogens with zero attached hydrogens (tertiary/aromatic N) is 1. The zero-order valence-electron chi connectivity index (χ0n) is 19.5. The number of fused-ring (bicyclic) bond motifs is 3. The summed E-state index contributed by atoms with van der Waals surface area (Å²) in [6.07, 6.45) is 2.14. The number of likely N-dealkylation sites (N-methyl/N-ethyl adjacent to an activating group) is 1. The van der Waals surface area contributed by atoms with Crippen molar-refractivity contribution in [2.24, 2.45) is 0 Å². The van der Waals surface area contributed by atoms with E-state index in [0.717, 1.165) is 30.4 Å². The van der Waals surface area contributed by atoms with Gasteiger partial charge in [0.2, 0.25) is 5.91 Å². The molecule has 3 rings (SSSR count). The molecular formula is C26H32N2O5. The molecule has 1 N–H and O–H groups in total. The quantitative estimate of drug-likeness (QED) is 0.433. The summed E-state index contributed by atoms with van der Waals surface area (Å²) >= 11 is 0. The Balaban J connectivity index is 1.46. The standard InChI is InChI=1S/C26H32N2O5/c1-18(25(30)27-16-10-4-5-15-24(29)32-3)28(2)26(31)33-17-23-21-13-8-6-11-19(21)20-12-7-9-14-22(20)23/h6-9,11-14,18,23H,4-5,10,15-17H2,1-3H3,(H,27,30). The number of hydrogen-bond donors (Lipinski definition) is 1. The van der Waals surface area contributed by atoms with Gasteiger partial charge in [-0.3, -0.25) is 14.5 Å². The molecule has 1 aliphatic rings. The van der Waals surface area contributed by atoms with Crippen molar-refractivity contribution in [2.75, 3.05) is 27.3 Å². The van der Waals surface area contributed by atoms with Crippen LogP contribution in [0.15, 0.2) is 48.5 Å². The third-order valence-corrected chi connectivity index (χ3v) is 6.17. The Morgan fingerprint density at radius 2 is 1.58 bits per heavy atom. The van der Waals surface area contributed by atoms with E-state index in [4.69, 9.17) is 4.74 Å². The lowest BCUT2D eigenvalue weighted by atomic mass is 9.98. The van der Waals surface area contributed by atoms with E-state index in [2.05, 4.69) is 34.3 Å². The lowest BCUT2D eigenvalue weighted by Gasteiger charge is -2.24. The van der Waals surface area contributed by atoms with E-state index >= 15 is 0 Å². The molecule has 2 aromatic rings. The predicted molar refractivity (Wildman–Crippen MR) is 126 cm³/mol. The summed E-state index contributed by atoms with van der Waals surface area (Å²) in [6, 6.07) is 15.7. The number of carbonyl (C=O) groups is 3. The summed E-state index contributed by atoms with van der Waals surface area (Å²) in [4.78, 5) is 37.5. The molecule has 1 unspecified atom stereocenters. The highest BCUT2D eigenvalue weighted by atomic mass is 16.6. The van der Waals surface area contributed by atoms with Crippen LogP contribution in [0.2, 0.25) is 0 Å². The molecule has 0 bridgehead atoms. The molecule has 7 heteroatoms. The fourth-order valence-electron chi connectivity index (χ4n) is 4.06. The second kappa shape index (κ2) is 11.5.